The SMILES string of the molecule is O=C1C(=Cc2ccc(CCl)cc2O)SC(=S)N1/N=C/c1ccccc1O. The first-order chi connectivity index (χ1) is 12.5. The van der Waals surface area contributed by atoms with Crippen molar-refractivity contribution in [1.82, 2.24) is 5.01 Å². The van der Waals surface area contributed by atoms with E-state index in [-0.39, 0.29) is 21.7 Å². The minimum atomic E-state index is -0.396. The van der Waals surface area contributed by atoms with E-state index in [0.29, 0.717) is 16.0 Å². The van der Waals surface area contributed by atoms with Gasteiger partial charge < -0.3 is 10.2 Å². The molecule has 1 fully saturated rings. The number of hydrogen-bond acceptors (Lipinski definition) is 6. The van der Waals surface area contributed by atoms with Gasteiger partial charge in [-0.3, -0.25) is 4.79 Å². The Labute approximate surface area is 164 Å². The molecule has 1 aliphatic rings. The number of rotatable bonds is 4. The van der Waals surface area contributed by atoms with E-state index in [4.69, 9.17) is 23.8 Å². The van der Waals surface area contributed by atoms with Crippen LogP contribution in [0.25, 0.3) is 6.08 Å². The molecule has 1 amide bonds. The molecule has 8 heteroatoms. The second kappa shape index (κ2) is 7.90. The zero-order chi connectivity index (χ0) is 18.7. The van der Waals surface area contributed by atoms with Gasteiger partial charge >= 0.3 is 0 Å². The van der Waals surface area contributed by atoms with Crippen molar-refractivity contribution in [3.05, 3.63) is 64.1 Å². The normalized spacial score (nSPS) is 16.2. The molecule has 2 aromatic rings. The lowest BCUT2D eigenvalue weighted by Gasteiger charge is -2.06. The van der Waals surface area contributed by atoms with Gasteiger partial charge in [0, 0.05) is 17.0 Å². The molecule has 1 aliphatic heterocycles. The molecule has 132 valence electrons. The van der Waals surface area contributed by atoms with E-state index >= 15 is 0 Å². The number of carbonyl (C=O) groups excluding carboxylic acids is 1. The molecule has 0 aromatic heterocycles. The van der Waals surface area contributed by atoms with Gasteiger partial charge in [-0.1, -0.05) is 36.0 Å². The third kappa shape index (κ3) is 3.90. The fourth-order valence-corrected chi connectivity index (χ4v) is 3.54. The summed E-state index contributed by atoms with van der Waals surface area (Å²) < 4.78 is 0.268. The predicted molar refractivity (Wildman–Crippen MR) is 108 cm³/mol. The Bertz CT molecular complexity index is 944. The number of thiocarbonyl (C=S) groups is 1. The zero-order valence-corrected chi connectivity index (χ0v) is 15.7. The second-order valence-corrected chi connectivity index (χ2v) is 7.27. The van der Waals surface area contributed by atoms with E-state index in [2.05, 4.69) is 5.10 Å². The molecule has 0 bridgehead atoms. The van der Waals surface area contributed by atoms with Crippen molar-refractivity contribution < 1.29 is 15.0 Å². The molecule has 0 aliphatic carbocycles. The number of alkyl halides is 1. The molecular formula is C18H13ClN2O3S2. The average molecular weight is 405 g/mol. The Morgan fingerprint density at radius 1 is 1.15 bits per heavy atom. The molecule has 0 unspecified atom stereocenters. The highest BCUT2D eigenvalue weighted by molar-refractivity contribution is 8.26. The van der Waals surface area contributed by atoms with Crippen LogP contribution in [0.3, 0.4) is 0 Å². The van der Waals surface area contributed by atoms with Crippen LogP contribution in [0.15, 0.2) is 52.5 Å². The summed E-state index contributed by atoms with van der Waals surface area (Å²) in [6.07, 6.45) is 2.93. The number of phenolic OH excluding ortho intramolecular Hbond substituents is 2. The number of phenols is 2. The fourth-order valence-electron chi connectivity index (χ4n) is 2.21. The van der Waals surface area contributed by atoms with Crippen LogP contribution >= 0.6 is 35.6 Å². The van der Waals surface area contributed by atoms with Crippen LogP contribution in [0.5, 0.6) is 11.5 Å². The number of hydrogen-bond donors (Lipinski definition) is 2. The molecule has 1 saturated heterocycles. The van der Waals surface area contributed by atoms with Crippen molar-refractivity contribution in [2.75, 3.05) is 0 Å². The number of benzene rings is 2. The van der Waals surface area contributed by atoms with Crippen LogP contribution in [0.2, 0.25) is 0 Å². The largest absolute Gasteiger partial charge is 0.507 e. The van der Waals surface area contributed by atoms with Crippen molar-refractivity contribution in [2.24, 2.45) is 5.10 Å². The van der Waals surface area contributed by atoms with Crippen LogP contribution in [0, 0.1) is 0 Å². The number of halogens is 1. The number of thioether (sulfide) groups is 1. The summed E-state index contributed by atoms with van der Waals surface area (Å²) in [6.45, 7) is 0. The number of nitrogens with zero attached hydrogens (tertiary/aromatic N) is 2. The van der Waals surface area contributed by atoms with Crippen LogP contribution < -0.4 is 0 Å². The first-order valence-corrected chi connectivity index (χ1v) is 9.23. The predicted octanol–water partition coefficient (Wildman–Crippen LogP) is 4.07. The van der Waals surface area contributed by atoms with Gasteiger partial charge in [-0.05, 0) is 42.1 Å². The van der Waals surface area contributed by atoms with Gasteiger partial charge in [0.25, 0.3) is 5.91 Å². The van der Waals surface area contributed by atoms with Crippen LogP contribution in [-0.4, -0.2) is 31.7 Å². The minimum absolute atomic E-state index is 0.0335. The smallest absolute Gasteiger partial charge is 0.286 e. The number of hydrazone groups is 1. The molecule has 0 radical (unpaired) electrons. The van der Waals surface area contributed by atoms with Gasteiger partial charge in [0.15, 0.2) is 4.32 Å². The van der Waals surface area contributed by atoms with Crippen molar-refractivity contribution in [3.63, 3.8) is 0 Å². The maximum absolute atomic E-state index is 12.5. The molecule has 2 N–H and O–H groups in total. The molecule has 0 atom stereocenters. The summed E-state index contributed by atoms with van der Waals surface area (Å²) in [4.78, 5) is 12.9. The monoisotopic (exact) mass is 404 g/mol. The van der Waals surface area contributed by atoms with Gasteiger partial charge in [-0.2, -0.15) is 10.1 Å². The lowest BCUT2D eigenvalue weighted by molar-refractivity contribution is -0.122. The average Bonchev–Trinajstić information content (AvgIpc) is 2.89. The number of carbonyl (C=O) groups is 1. The molecule has 5 nitrogen and oxygen atoms in total. The molecule has 0 saturated carbocycles. The molecule has 1 heterocycles. The Morgan fingerprint density at radius 2 is 1.92 bits per heavy atom. The van der Waals surface area contributed by atoms with E-state index in [1.54, 1.807) is 42.5 Å². The highest BCUT2D eigenvalue weighted by Crippen LogP contribution is 2.34. The van der Waals surface area contributed by atoms with Gasteiger partial charge in [-0.25, -0.2) is 0 Å². The summed E-state index contributed by atoms with van der Waals surface area (Å²) in [5, 5.41) is 25.0. The Morgan fingerprint density at radius 3 is 2.62 bits per heavy atom. The molecular weight excluding hydrogens is 392 g/mol. The molecule has 26 heavy (non-hydrogen) atoms. The number of amides is 1. The van der Waals surface area contributed by atoms with Gasteiger partial charge in [-0.15, -0.1) is 11.6 Å². The highest BCUT2D eigenvalue weighted by atomic mass is 35.5. The topological polar surface area (TPSA) is 73.1 Å². The summed E-state index contributed by atoms with van der Waals surface area (Å²) in [6, 6.07) is 11.6. The summed E-state index contributed by atoms with van der Waals surface area (Å²) >= 11 is 12.0. The van der Waals surface area contributed by atoms with E-state index < -0.39 is 5.91 Å². The minimum Gasteiger partial charge on any atom is -0.507 e. The van der Waals surface area contributed by atoms with E-state index in [1.807, 2.05) is 0 Å². The quantitative estimate of drug-likeness (QED) is 0.348. The van der Waals surface area contributed by atoms with Crippen LogP contribution in [-0.2, 0) is 10.7 Å². The standard InChI is InChI=1S/C18H13ClN2O3S2/c19-9-11-5-6-12(15(23)7-11)8-16-17(24)21(18(25)26-16)20-10-13-3-1-2-4-14(13)22/h1-8,10,22-23H,9H2/b16-8?,20-10+. The number of aromatic hydroxyl groups is 2. The second-order valence-electron chi connectivity index (χ2n) is 5.32. The number of para-hydroxylation sites is 1. The fraction of sp³-hybridized carbons (Fsp3) is 0.0556. The Hall–Kier alpha value is -2.35. The zero-order valence-electron chi connectivity index (χ0n) is 13.3. The molecule has 2 aromatic carbocycles. The summed E-state index contributed by atoms with van der Waals surface area (Å²) in [7, 11) is 0. The van der Waals surface area contributed by atoms with Crippen molar-refractivity contribution in [1.29, 1.82) is 0 Å². The van der Waals surface area contributed by atoms with E-state index in [1.165, 1.54) is 12.3 Å². The third-order valence-corrected chi connectivity index (χ3v) is 5.15. The first-order valence-electron chi connectivity index (χ1n) is 7.47. The Balaban J connectivity index is 1.84. The third-order valence-electron chi connectivity index (χ3n) is 3.56. The first kappa shape index (κ1) is 18.4. The van der Waals surface area contributed by atoms with Crippen LogP contribution in [0.4, 0.5) is 0 Å². The van der Waals surface area contributed by atoms with Crippen molar-refractivity contribution in [2.45, 2.75) is 5.88 Å². The summed E-state index contributed by atoms with van der Waals surface area (Å²) in [5.41, 5.74) is 1.74. The van der Waals surface area contributed by atoms with Crippen LogP contribution in [0.1, 0.15) is 16.7 Å². The molecule has 3 rings (SSSR count). The lowest BCUT2D eigenvalue weighted by Crippen LogP contribution is -2.22. The maximum Gasteiger partial charge on any atom is 0.286 e. The van der Waals surface area contributed by atoms with Gasteiger partial charge in [0.1, 0.15) is 11.5 Å². The summed E-state index contributed by atoms with van der Waals surface area (Å²) in [5.74, 6) is -0.0167. The van der Waals surface area contributed by atoms with E-state index in [9.17, 15) is 15.0 Å². The molecule has 0 spiro atoms. The van der Waals surface area contributed by atoms with Gasteiger partial charge in [0.2, 0.25) is 0 Å². The van der Waals surface area contributed by atoms with Crippen molar-refractivity contribution >= 4 is 58.1 Å². The van der Waals surface area contributed by atoms with Gasteiger partial charge in [0.05, 0.1) is 11.1 Å². The maximum atomic E-state index is 12.5. The lowest BCUT2D eigenvalue weighted by atomic mass is 10.1. The van der Waals surface area contributed by atoms with Crippen molar-refractivity contribution in [3.8, 4) is 11.5 Å². The van der Waals surface area contributed by atoms with E-state index in [0.717, 1.165) is 22.3 Å². The Kier molecular flexibility index (Phi) is 5.61. The highest BCUT2D eigenvalue weighted by Gasteiger charge is 2.32.